The minimum Gasteiger partial charge on any atom is -0.475 e. The SMILES string of the molecule is COCCNC(=O)c1cc(NS(=O)(=O)c2cc(C)c(C)cc2C)ccc1N1CCNCC1.O=C(O)C(F)(F)F. The van der Waals surface area contributed by atoms with E-state index in [0.29, 0.717) is 30.0 Å². The van der Waals surface area contributed by atoms with E-state index in [1.54, 1.807) is 32.2 Å². The van der Waals surface area contributed by atoms with Crippen LogP contribution in [0, 0.1) is 20.8 Å². The van der Waals surface area contributed by atoms with Crippen molar-refractivity contribution in [3.05, 3.63) is 52.6 Å². The van der Waals surface area contributed by atoms with Crippen LogP contribution in [0.3, 0.4) is 0 Å². The van der Waals surface area contributed by atoms with Gasteiger partial charge in [-0.15, -0.1) is 0 Å². The largest absolute Gasteiger partial charge is 0.490 e. The van der Waals surface area contributed by atoms with Crippen molar-refractivity contribution in [3.63, 3.8) is 0 Å². The number of ether oxygens (including phenoxy) is 1. The number of carbonyl (C=O) groups is 2. The number of amides is 1. The number of anilines is 2. The highest BCUT2D eigenvalue weighted by Gasteiger charge is 2.38. The van der Waals surface area contributed by atoms with Crippen molar-refractivity contribution >= 4 is 33.3 Å². The third-order valence-electron chi connectivity index (χ3n) is 5.87. The Morgan fingerprint density at radius 1 is 1.05 bits per heavy atom. The zero-order valence-electron chi connectivity index (χ0n) is 22.1. The number of hydrogen-bond donors (Lipinski definition) is 4. The van der Waals surface area contributed by atoms with Crippen LogP contribution < -0.4 is 20.3 Å². The molecule has 39 heavy (non-hydrogen) atoms. The summed E-state index contributed by atoms with van der Waals surface area (Å²) in [5, 5.41) is 13.3. The van der Waals surface area contributed by atoms with Crippen molar-refractivity contribution in [2.24, 2.45) is 0 Å². The first-order chi connectivity index (χ1) is 18.2. The van der Waals surface area contributed by atoms with Crippen LogP contribution in [0.2, 0.25) is 0 Å². The number of carboxylic acids is 1. The molecule has 14 heteroatoms. The first kappa shape index (κ1) is 31.9. The molecule has 0 aliphatic carbocycles. The molecule has 1 aliphatic heterocycles. The van der Waals surface area contributed by atoms with Crippen molar-refractivity contribution in [1.82, 2.24) is 10.6 Å². The predicted octanol–water partition coefficient (Wildman–Crippen LogP) is 2.83. The zero-order chi connectivity index (χ0) is 29.4. The van der Waals surface area contributed by atoms with E-state index in [4.69, 9.17) is 14.6 Å². The summed E-state index contributed by atoms with van der Waals surface area (Å²) in [5.74, 6) is -3.02. The lowest BCUT2D eigenvalue weighted by atomic mass is 10.1. The highest BCUT2D eigenvalue weighted by Crippen LogP contribution is 2.28. The number of hydrogen-bond acceptors (Lipinski definition) is 7. The Labute approximate surface area is 225 Å². The highest BCUT2D eigenvalue weighted by atomic mass is 32.2. The van der Waals surface area contributed by atoms with Gasteiger partial charge in [-0.1, -0.05) is 6.07 Å². The van der Waals surface area contributed by atoms with Gasteiger partial charge < -0.3 is 25.4 Å². The van der Waals surface area contributed by atoms with Crippen LogP contribution in [0.15, 0.2) is 35.2 Å². The summed E-state index contributed by atoms with van der Waals surface area (Å²) in [5.41, 5.74) is 4.18. The molecule has 10 nitrogen and oxygen atoms in total. The fourth-order valence-electron chi connectivity index (χ4n) is 3.76. The second-order valence-corrected chi connectivity index (χ2v) is 10.5. The Kier molecular flexibility index (Phi) is 11.1. The maximum absolute atomic E-state index is 13.1. The number of aryl methyl sites for hydroxylation is 3. The molecule has 2 aromatic carbocycles. The zero-order valence-corrected chi connectivity index (χ0v) is 22.9. The van der Waals surface area contributed by atoms with E-state index in [1.165, 1.54) is 0 Å². The number of sulfonamides is 1. The second kappa shape index (κ2) is 13.6. The van der Waals surface area contributed by atoms with Crippen molar-refractivity contribution in [1.29, 1.82) is 0 Å². The van der Waals surface area contributed by atoms with Crippen molar-refractivity contribution in [2.45, 2.75) is 31.8 Å². The van der Waals surface area contributed by atoms with E-state index in [1.807, 2.05) is 26.0 Å². The second-order valence-electron chi connectivity index (χ2n) is 8.83. The average molecular weight is 575 g/mol. The molecule has 1 fully saturated rings. The van der Waals surface area contributed by atoms with Gasteiger partial charge in [-0.3, -0.25) is 9.52 Å². The topological polar surface area (TPSA) is 137 Å². The quantitative estimate of drug-likeness (QED) is 0.354. The molecule has 216 valence electrons. The Hall–Kier alpha value is -3.36. The van der Waals surface area contributed by atoms with Gasteiger partial charge >= 0.3 is 12.1 Å². The summed E-state index contributed by atoms with van der Waals surface area (Å²) in [6.07, 6.45) is -5.08. The molecule has 0 spiro atoms. The van der Waals surface area contributed by atoms with Crippen molar-refractivity contribution < 1.29 is 41.0 Å². The number of aliphatic carboxylic acids is 1. The molecule has 2 aromatic rings. The molecule has 0 radical (unpaired) electrons. The van der Waals surface area contributed by atoms with Crippen LogP contribution in [0.5, 0.6) is 0 Å². The van der Waals surface area contributed by atoms with Crippen LogP contribution in [-0.4, -0.2) is 78.0 Å². The summed E-state index contributed by atoms with van der Waals surface area (Å²) < 4.78 is 65.6. The first-order valence-electron chi connectivity index (χ1n) is 11.9. The van der Waals surface area contributed by atoms with Gasteiger partial charge in [0, 0.05) is 51.2 Å². The third kappa shape index (κ3) is 9.11. The molecule has 0 aromatic heterocycles. The van der Waals surface area contributed by atoms with E-state index >= 15 is 0 Å². The normalized spacial score (nSPS) is 13.8. The number of carboxylic acid groups (broad SMARTS) is 1. The molecule has 3 rings (SSSR count). The summed E-state index contributed by atoms with van der Waals surface area (Å²) in [6.45, 7) is 9.57. The fourth-order valence-corrected chi connectivity index (χ4v) is 5.12. The summed E-state index contributed by atoms with van der Waals surface area (Å²) >= 11 is 0. The number of nitrogens with zero attached hydrogens (tertiary/aromatic N) is 1. The minimum atomic E-state index is -5.08. The molecule has 1 saturated heterocycles. The van der Waals surface area contributed by atoms with Crippen molar-refractivity contribution in [3.8, 4) is 0 Å². The van der Waals surface area contributed by atoms with Crippen LogP contribution in [0.1, 0.15) is 27.0 Å². The van der Waals surface area contributed by atoms with Crippen LogP contribution >= 0.6 is 0 Å². The number of carbonyl (C=O) groups excluding carboxylic acids is 1. The van der Waals surface area contributed by atoms with E-state index in [9.17, 15) is 26.4 Å². The molecule has 1 amide bonds. The van der Waals surface area contributed by atoms with Crippen LogP contribution in [0.25, 0.3) is 0 Å². The minimum absolute atomic E-state index is 0.234. The maximum atomic E-state index is 13.1. The number of rotatable bonds is 8. The lowest BCUT2D eigenvalue weighted by molar-refractivity contribution is -0.192. The molecule has 0 bridgehead atoms. The average Bonchev–Trinajstić information content (AvgIpc) is 2.86. The molecule has 0 saturated carbocycles. The van der Waals surface area contributed by atoms with Gasteiger partial charge in [0.1, 0.15) is 0 Å². The number of alkyl halides is 3. The molecule has 1 heterocycles. The van der Waals surface area contributed by atoms with Gasteiger partial charge in [-0.2, -0.15) is 13.2 Å². The van der Waals surface area contributed by atoms with Crippen LogP contribution in [0.4, 0.5) is 24.5 Å². The van der Waals surface area contributed by atoms with Gasteiger partial charge in [0.25, 0.3) is 15.9 Å². The first-order valence-corrected chi connectivity index (χ1v) is 13.4. The standard InChI is InChI=1S/C23H32N4O4S.C2HF3O2/c1-16-13-18(3)22(14-17(16)2)32(29,30)26-19-5-6-21(27-10-7-24-8-11-27)20(15-19)23(28)25-9-12-31-4;3-2(4,5)1(6)7/h5-6,13-15,24,26H,7-12H2,1-4H3,(H,25,28);(H,6,7). The molecule has 0 atom stereocenters. The van der Waals surface area contributed by atoms with Crippen molar-refractivity contribution in [2.75, 3.05) is 56.1 Å². The monoisotopic (exact) mass is 574 g/mol. The van der Waals surface area contributed by atoms with E-state index in [2.05, 4.69) is 20.3 Å². The smallest absolute Gasteiger partial charge is 0.475 e. The Balaban J connectivity index is 0.000000673. The Bertz CT molecular complexity index is 1280. The molecular formula is C25H33F3N4O6S. The van der Waals surface area contributed by atoms with Crippen LogP contribution in [-0.2, 0) is 19.6 Å². The lowest BCUT2D eigenvalue weighted by Crippen LogP contribution is -2.44. The van der Waals surface area contributed by atoms with Gasteiger partial charge in [-0.05, 0) is 61.7 Å². The molecule has 0 unspecified atom stereocenters. The van der Waals surface area contributed by atoms with E-state index in [0.717, 1.165) is 43.0 Å². The van der Waals surface area contributed by atoms with Gasteiger partial charge in [0.05, 0.1) is 17.1 Å². The Morgan fingerprint density at radius 3 is 2.21 bits per heavy atom. The third-order valence-corrected chi connectivity index (χ3v) is 7.39. The fraction of sp³-hybridized carbons (Fsp3) is 0.440. The van der Waals surface area contributed by atoms with Gasteiger partial charge in [0.15, 0.2) is 0 Å². The maximum Gasteiger partial charge on any atom is 0.490 e. The Morgan fingerprint density at radius 2 is 1.64 bits per heavy atom. The van der Waals surface area contributed by atoms with E-state index in [-0.39, 0.29) is 10.8 Å². The number of methoxy groups -OCH3 is 1. The lowest BCUT2D eigenvalue weighted by Gasteiger charge is -2.31. The number of piperazine rings is 1. The highest BCUT2D eigenvalue weighted by molar-refractivity contribution is 7.92. The number of benzene rings is 2. The number of nitrogens with one attached hydrogen (secondary N) is 3. The van der Waals surface area contributed by atoms with Gasteiger partial charge in [0.2, 0.25) is 0 Å². The summed E-state index contributed by atoms with van der Waals surface area (Å²) in [7, 11) is -2.24. The summed E-state index contributed by atoms with van der Waals surface area (Å²) in [6, 6.07) is 8.67. The number of halogens is 3. The predicted molar refractivity (Wildman–Crippen MR) is 141 cm³/mol. The molecular weight excluding hydrogens is 541 g/mol. The summed E-state index contributed by atoms with van der Waals surface area (Å²) in [4.78, 5) is 24.2. The van der Waals surface area contributed by atoms with E-state index < -0.39 is 22.2 Å². The van der Waals surface area contributed by atoms with Gasteiger partial charge in [-0.25, -0.2) is 13.2 Å². The molecule has 1 aliphatic rings. The molecule has 4 N–H and O–H groups in total.